The minimum Gasteiger partial charge on any atom is -0.337 e. The van der Waals surface area contributed by atoms with Crippen molar-refractivity contribution in [2.75, 3.05) is 5.32 Å². The first-order valence-corrected chi connectivity index (χ1v) is 5.51. The van der Waals surface area contributed by atoms with Gasteiger partial charge in [-0.3, -0.25) is 0 Å². The summed E-state index contributed by atoms with van der Waals surface area (Å²) in [7, 11) is 0. The second-order valence-corrected chi connectivity index (χ2v) is 4.02. The predicted octanol–water partition coefficient (Wildman–Crippen LogP) is 3.45. The molecule has 1 aromatic heterocycles. The summed E-state index contributed by atoms with van der Waals surface area (Å²) in [5, 5.41) is 11.9. The fraction of sp³-hybridized carbons (Fsp3) is 0.143. The molecule has 18 heavy (non-hydrogen) atoms. The Bertz CT molecular complexity index is 609. The molecule has 4 heteroatoms. The SMILES string of the molecule is Cc1ccc(C#N)c(Nc2c(C)cccc2F)n1. The van der Waals surface area contributed by atoms with Crippen LogP contribution in [0.4, 0.5) is 15.9 Å². The number of aryl methyl sites for hydroxylation is 2. The zero-order valence-electron chi connectivity index (χ0n) is 10.2. The Kier molecular flexibility index (Phi) is 3.24. The first-order chi connectivity index (χ1) is 8.61. The van der Waals surface area contributed by atoms with Crippen molar-refractivity contribution in [3.05, 3.63) is 53.0 Å². The summed E-state index contributed by atoms with van der Waals surface area (Å²) in [6.07, 6.45) is 0. The topological polar surface area (TPSA) is 48.7 Å². The van der Waals surface area contributed by atoms with Crippen LogP contribution in [0.2, 0.25) is 0 Å². The van der Waals surface area contributed by atoms with Crippen LogP contribution in [0.1, 0.15) is 16.8 Å². The van der Waals surface area contributed by atoms with Gasteiger partial charge in [-0.2, -0.15) is 5.26 Å². The lowest BCUT2D eigenvalue weighted by molar-refractivity contribution is 0.630. The highest BCUT2D eigenvalue weighted by molar-refractivity contribution is 5.65. The van der Waals surface area contributed by atoms with Crippen molar-refractivity contribution in [1.29, 1.82) is 5.26 Å². The Morgan fingerprint density at radius 2 is 2.00 bits per heavy atom. The Labute approximate surface area is 105 Å². The van der Waals surface area contributed by atoms with Gasteiger partial charge in [0.1, 0.15) is 17.7 Å². The van der Waals surface area contributed by atoms with Crippen LogP contribution in [0.25, 0.3) is 0 Å². The average Bonchev–Trinajstić information content (AvgIpc) is 2.34. The maximum absolute atomic E-state index is 13.7. The van der Waals surface area contributed by atoms with Crippen molar-refractivity contribution >= 4 is 11.5 Å². The van der Waals surface area contributed by atoms with E-state index in [1.807, 2.05) is 13.0 Å². The van der Waals surface area contributed by atoms with Crippen LogP contribution in [-0.2, 0) is 0 Å². The molecule has 3 nitrogen and oxygen atoms in total. The average molecular weight is 241 g/mol. The normalized spacial score (nSPS) is 9.89. The molecule has 0 saturated carbocycles. The lowest BCUT2D eigenvalue weighted by Crippen LogP contribution is -2.01. The van der Waals surface area contributed by atoms with Gasteiger partial charge < -0.3 is 5.32 Å². The highest BCUT2D eigenvalue weighted by Crippen LogP contribution is 2.24. The molecule has 2 rings (SSSR count). The number of nitriles is 1. The van der Waals surface area contributed by atoms with E-state index in [0.29, 0.717) is 17.1 Å². The highest BCUT2D eigenvalue weighted by atomic mass is 19.1. The van der Waals surface area contributed by atoms with Crippen LogP contribution in [0.15, 0.2) is 30.3 Å². The van der Waals surface area contributed by atoms with Gasteiger partial charge in [0, 0.05) is 5.69 Å². The van der Waals surface area contributed by atoms with Crippen LogP contribution in [0.3, 0.4) is 0 Å². The van der Waals surface area contributed by atoms with E-state index in [1.165, 1.54) is 6.07 Å². The van der Waals surface area contributed by atoms with E-state index in [2.05, 4.69) is 10.3 Å². The summed E-state index contributed by atoms with van der Waals surface area (Å²) in [6.45, 7) is 3.62. The number of hydrogen-bond acceptors (Lipinski definition) is 3. The van der Waals surface area contributed by atoms with Crippen molar-refractivity contribution in [1.82, 2.24) is 4.98 Å². The lowest BCUT2D eigenvalue weighted by Gasteiger charge is -2.11. The van der Waals surface area contributed by atoms with E-state index in [4.69, 9.17) is 5.26 Å². The van der Waals surface area contributed by atoms with Crippen LogP contribution in [0.5, 0.6) is 0 Å². The molecule has 0 bridgehead atoms. The molecule has 90 valence electrons. The predicted molar refractivity (Wildman–Crippen MR) is 68.1 cm³/mol. The molecule has 1 heterocycles. The summed E-state index contributed by atoms with van der Waals surface area (Å²) in [5.74, 6) is 0.0212. The molecule has 1 N–H and O–H groups in total. The number of pyridine rings is 1. The van der Waals surface area contributed by atoms with E-state index >= 15 is 0 Å². The number of benzene rings is 1. The van der Waals surface area contributed by atoms with Crippen LogP contribution in [-0.4, -0.2) is 4.98 Å². The molecule has 1 aromatic carbocycles. The minimum absolute atomic E-state index is 0.354. The molecule has 0 aliphatic carbocycles. The standard InChI is InChI=1S/C14H12FN3/c1-9-4-3-5-12(15)13(9)18-14-11(8-16)7-6-10(2)17-14/h3-7H,1-2H3,(H,17,18). The number of para-hydroxylation sites is 1. The quantitative estimate of drug-likeness (QED) is 0.876. The van der Waals surface area contributed by atoms with Gasteiger partial charge in [-0.25, -0.2) is 9.37 Å². The van der Waals surface area contributed by atoms with Gasteiger partial charge in [-0.15, -0.1) is 0 Å². The fourth-order valence-electron chi connectivity index (χ4n) is 1.65. The van der Waals surface area contributed by atoms with Crippen molar-refractivity contribution in [2.24, 2.45) is 0 Å². The second kappa shape index (κ2) is 4.84. The Balaban J connectivity index is 2.46. The van der Waals surface area contributed by atoms with Gasteiger partial charge in [0.15, 0.2) is 0 Å². The van der Waals surface area contributed by atoms with Crippen LogP contribution < -0.4 is 5.32 Å². The maximum atomic E-state index is 13.7. The van der Waals surface area contributed by atoms with Crippen molar-refractivity contribution in [3.8, 4) is 6.07 Å². The molecule has 0 unspecified atom stereocenters. The smallest absolute Gasteiger partial charge is 0.148 e. The lowest BCUT2D eigenvalue weighted by atomic mass is 10.2. The van der Waals surface area contributed by atoms with Gasteiger partial charge >= 0.3 is 0 Å². The number of hydrogen-bond donors (Lipinski definition) is 1. The van der Waals surface area contributed by atoms with E-state index in [9.17, 15) is 4.39 Å². The molecule has 0 spiro atoms. The van der Waals surface area contributed by atoms with Gasteiger partial charge in [0.05, 0.1) is 11.3 Å². The third kappa shape index (κ3) is 2.30. The van der Waals surface area contributed by atoms with E-state index in [1.54, 1.807) is 31.2 Å². The molecule has 0 saturated heterocycles. The van der Waals surface area contributed by atoms with Crippen LogP contribution >= 0.6 is 0 Å². The largest absolute Gasteiger partial charge is 0.337 e. The molecular formula is C14H12FN3. The minimum atomic E-state index is -0.359. The Morgan fingerprint density at radius 3 is 2.67 bits per heavy atom. The molecule has 0 aliphatic heterocycles. The number of rotatable bonds is 2. The Morgan fingerprint density at radius 1 is 1.22 bits per heavy atom. The Hall–Kier alpha value is -2.41. The van der Waals surface area contributed by atoms with E-state index < -0.39 is 0 Å². The van der Waals surface area contributed by atoms with Crippen LogP contribution in [0, 0.1) is 31.0 Å². The fourth-order valence-corrected chi connectivity index (χ4v) is 1.65. The molecule has 2 aromatic rings. The maximum Gasteiger partial charge on any atom is 0.148 e. The monoisotopic (exact) mass is 241 g/mol. The van der Waals surface area contributed by atoms with Gasteiger partial charge in [0.2, 0.25) is 0 Å². The highest BCUT2D eigenvalue weighted by Gasteiger charge is 2.09. The second-order valence-electron chi connectivity index (χ2n) is 4.02. The number of halogens is 1. The van der Waals surface area contributed by atoms with Crippen molar-refractivity contribution < 1.29 is 4.39 Å². The van der Waals surface area contributed by atoms with E-state index in [0.717, 1.165) is 11.3 Å². The van der Waals surface area contributed by atoms with E-state index in [-0.39, 0.29) is 5.82 Å². The number of nitrogens with one attached hydrogen (secondary N) is 1. The molecule has 0 amide bonds. The van der Waals surface area contributed by atoms with Gasteiger partial charge in [-0.1, -0.05) is 12.1 Å². The molecular weight excluding hydrogens is 229 g/mol. The summed E-state index contributed by atoms with van der Waals surface area (Å²) in [6, 6.07) is 10.3. The first kappa shape index (κ1) is 12.1. The summed E-state index contributed by atoms with van der Waals surface area (Å²) < 4.78 is 13.7. The zero-order valence-corrected chi connectivity index (χ0v) is 10.2. The van der Waals surface area contributed by atoms with Crippen molar-refractivity contribution in [3.63, 3.8) is 0 Å². The van der Waals surface area contributed by atoms with Crippen molar-refractivity contribution in [2.45, 2.75) is 13.8 Å². The molecule has 0 fully saturated rings. The number of nitrogens with zero attached hydrogens (tertiary/aromatic N) is 2. The van der Waals surface area contributed by atoms with Gasteiger partial charge in [0.25, 0.3) is 0 Å². The molecule has 0 radical (unpaired) electrons. The summed E-state index contributed by atoms with van der Waals surface area (Å²) in [4.78, 5) is 4.22. The third-order valence-corrected chi connectivity index (χ3v) is 2.62. The first-order valence-electron chi connectivity index (χ1n) is 5.51. The molecule has 0 aliphatic rings. The zero-order chi connectivity index (χ0) is 13.1. The number of anilines is 2. The van der Waals surface area contributed by atoms with Gasteiger partial charge in [-0.05, 0) is 37.6 Å². The summed E-state index contributed by atoms with van der Waals surface area (Å²) >= 11 is 0. The summed E-state index contributed by atoms with van der Waals surface area (Å²) in [5.41, 5.74) is 2.28. The third-order valence-electron chi connectivity index (χ3n) is 2.62. The molecule has 0 atom stereocenters. The number of aromatic nitrogens is 1.